The number of carbonyl (C=O) groups is 2. The van der Waals surface area contributed by atoms with Crippen LogP contribution in [-0.4, -0.2) is 34.1 Å². The summed E-state index contributed by atoms with van der Waals surface area (Å²) in [7, 11) is 0. The fourth-order valence-corrected chi connectivity index (χ4v) is 4.42. The molecule has 0 saturated carbocycles. The number of carbonyl (C=O) groups excluding carboxylic acids is 2. The van der Waals surface area contributed by atoms with E-state index in [9.17, 15) is 14.7 Å². The zero-order chi connectivity index (χ0) is 21.7. The van der Waals surface area contributed by atoms with E-state index in [2.05, 4.69) is 25.9 Å². The van der Waals surface area contributed by atoms with Crippen LogP contribution in [0.1, 0.15) is 100 Å². The van der Waals surface area contributed by atoms with Crippen molar-refractivity contribution in [3.05, 3.63) is 28.3 Å². The molecule has 1 N–H and O–H groups in total. The van der Waals surface area contributed by atoms with Gasteiger partial charge in [0, 0.05) is 37.9 Å². The van der Waals surface area contributed by atoms with E-state index >= 15 is 0 Å². The smallest absolute Gasteiger partial charge is 0.168 e. The molecule has 0 spiro atoms. The quantitative estimate of drug-likeness (QED) is 0.434. The maximum Gasteiger partial charge on any atom is 0.168 e. The molecule has 0 bridgehead atoms. The van der Waals surface area contributed by atoms with Gasteiger partial charge in [-0.1, -0.05) is 45.2 Å². The number of hydrogen-bond donors (Lipinski definition) is 1. The van der Waals surface area contributed by atoms with Crippen molar-refractivity contribution < 1.29 is 19.2 Å². The number of ketones is 2. The topological polar surface area (TPSA) is 92.8 Å². The van der Waals surface area contributed by atoms with Gasteiger partial charge in [0.2, 0.25) is 0 Å². The van der Waals surface area contributed by atoms with Crippen LogP contribution in [-0.2, 0) is 17.6 Å². The number of fused-ring (bicyclic) bond motifs is 1. The second-order valence-corrected chi connectivity index (χ2v) is 9.36. The van der Waals surface area contributed by atoms with Crippen molar-refractivity contribution in [1.82, 2.24) is 5.16 Å². The van der Waals surface area contributed by atoms with Crippen LogP contribution in [0.5, 0.6) is 0 Å². The predicted octanol–water partition coefficient (Wildman–Crippen LogP) is 5.35. The van der Waals surface area contributed by atoms with E-state index in [0.29, 0.717) is 79.8 Å². The lowest BCUT2D eigenvalue weighted by Gasteiger charge is -2.26. The fraction of sp³-hybridized carbons (Fsp3) is 0.667. The van der Waals surface area contributed by atoms with Crippen LogP contribution in [0.25, 0.3) is 0 Å². The lowest BCUT2D eigenvalue weighted by atomic mass is 9.76. The van der Waals surface area contributed by atoms with E-state index < -0.39 is 0 Å². The second-order valence-electron chi connectivity index (χ2n) is 9.36. The number of allylic oxidation sites excluding steroid dienone is 2. The van der Waals surface area contributed by atoms with Gasteiger partial charge in [-0.2, -0.15) is 0 Å². The third-order valence-corrected chi connectivity index (χ3v) is 5.98. The van der Waals surface area contributed by atoms with E-state index in [0.717, 1.165) is 19.3 Å². The molecular formula is C24H34N2O4. The Morgan fingerprint density at radius 3 is 2.67 bits per heavy atom. The molecule has 0 amide bonds. The molecule has 2 aliphatic carbocycles. The van der Waals surface area contributed by atoms with Crippen LogP contribution >= 0.6 is 0 Å². The number of aliphatic hydroxyl groups is 1. The van der Waals surface area contributed by atoms with E-state index in [1.54, 1.807) is 0 Å². The van der Waals surface area contributed by atoms with Crippen LogP contribution in [0.3, 0.4) is 0 Å². The monoisotopic (exact) mass is 414 g/mol. The van der Waals surface area contributed by atoms with Gasteiger partial charge in [-0.3, -0.25) is 14.6 Å². The predicted molar refractivity (Wildman–Crippen MR) is 116 cm³/mol. The Morgan fingerprint density at radius 2 is 1.93 bits per heavy atom. The van der Waals surface area contributed by atoms with Gasteiger partial charge in [-0.05, 0) is 31.1 Å². The third kappa shape index (κ3) is 5.27. The number of aryl methyl sites for hydroxylation is 1. The molecule has 0 atom stereocenters. The molecule has 0 fully saturated rings. The number of aliphatic hydroxyl groups excluding tert-OH is 1. The largest absolute Gasteiger partial charge is 0.511 e. The van der Waals surface area contributed by atoms with Crippen LogP contribution < -0.4 is 0 Å². The molecule has 1 heterocycles. The molecule has 164 valence electrons. The van der Waals surface area contributed by atoms with Gasteiger partial charge in [0.05, 0.1) is 16.8 Å². The third-order valence-electron chi connectivity index (χ3n) is 5.98. The van der Waals surface area contributed by atoms with E-state index in [1.165, 1.54) is 6.42 Å². The molecular weight excluding hydrogens is 380 g/mol. The molecule has 2 aliphatic rings. The summed E-state index contributed by atoms with van der Waals surface area (Å²) in [5, 5.41) is 14.6. The Balaban J connectivity index is 1.78. The average molecular weight is 415 g/mol. The highest BCUT2D eigenvalue weighted by Gasteiger charge is 2.36. The zero-order valence-corrected chi connectivity index (χ0v) is 18.6. The Bertz CT molecular complexity index is 861. The number of Topliss-reactive ketones (excluding diaryl/α,β-unsaturated/α-hetero) is 2. The average Bonchev–Trinajstić information content (AvgIpc) is 3.06. The summed E-state index contributed by atoms with van der Waals surface area (Å²) in [4.78, 5) is 29.9. The molecule has 1 aromatic rings. The summed E-state index contributed by atoms with van der Waals surface area (Å²) >= 11 is 0. The summed E-state index contributed by atoms with van der Waals surface area (Å²) in [5.74, 6) is 0.858. The molecule has 0 unspecified atom stereocenters. The van der Waals surface area contributed by atoms with Crippen molar-refractivity contribution in [2.45, 2.75) is 91.4 Å². The Morgan fingerprint density at radius 1 is 1.13 bits per heavy atom. The molecule has 0 radical (unpaired) electrons. The molecule has 3 rings (SSSR count). The summed E-state index contributed by atoms with van der Waals surface area (Å²) in [5.41, 5.74) is 2.19. The van der Waals surface area contributed by atoms with Crippen molar-refractivity contribution in [3.8, 4) is 0 Å². The Hall–Kier alpha value is -2.24. The second kappa shape index (κ2) is 9.71. The lowest BCUT2D eigenvalue weighted by Crippen LogP contribution is -2.26. The highest BCUT2D eigenvalue weighted by Crippen LogP contribution is 2.36. The fourth-order valence-electron chi connectivity index (χ4n) is 4.42. The zero-order valence-electron chi connectivity index (χ0n) is 18.6. The number of rotatable bonds is 9. The highest BCUT2D eigenvalue weighted by atomic mass is 16.5. The minimum atomic E-state index is -0.114. The van der Waals surface area contributed by atoms with Crippen molar-refractivity contribution in [1.29, 1.82) is 0 Å². The first-order valence-electron chi connectivity index (χ1n) is 11.3. The SMILES string of the molecule is CCCCCCN=C(CCc1noc2c1C(=O)CC(C)(C)C2)C1=C(O)CCCC1=O. The van der Waals surface area contributed by atoms with Crippen molar-refractivity contribution in [3.63, 3.8) is 0 Å². The maximum absolute atomic E-state index is 12.7. The van der Waals surface area contributed by atoms with Crippen molar-refractivity contribution in [2.75, 3.05) is 6.54 Å². The molecule has 0 aromatic carbocycles. The van der Waals surface area contributed by atoms with Gasteiger partial charge in [0.1, 0.15) is 11.5 Å². The number of hydrogen-bond acceptors (Lipinski definition) is 6. The Kier molecular flexibility index (Phi) is 7.27. The van der Waals surface area contributed by atoms with Gasteiger partial charge in [0.25, 0.3) is 0 Å². The van der Waals surface area contributed by atoms with Crippen LogP contribution in [0.15, 0.2) is 20.8 Å². The molecule has 6 heteroatoms. The van der Waals surface area contributed by atoms with E-state index in [-0.39, 0.29) is 22.7 Å². The van der Waals surface area contributed by atoms with Crippen LogP contribution in [0, 0.1) is 5.41 Å². The summed E-state index contributed by atoms with van der Waals surface area (Å²) in [6.45, 7) is 6.93. The van der Waals surface area contributed by atoms with Crippen LogP contribution in [0.2, 0.25) is 0 Å². The van der Waals surface area contributed by atoms with Crippen molar-refractivity contribution in [2.24, 2.45) is 10.4 Å². The number of aliphatic imine (C=N–C) groups is 1. The minimum absolute atomic E-state index is 0.0361. The standard InChI is InChI=1S/C24H34N2O4/c1-4-5-6-7-13-25-16(22-18(27)9-8-10-19(22)28)11-12-17-23-20(29)14-24(2,3)15-21(23)30-26-17/h27H,4-15H2,1-3H3. The van der Waals surface area contributed by atoms with Crippen molar-refractivity contribution >= 4 is 17.3 Å². The summed E-state index contributed by atoms with van der Waals surface area (Å²) < 4.78 is 5.50. The number of aromatic nitrogens is 1. The van der Waals surface area contributed by atoms with Gasteiger partial charge in [0.15, 0.2) is 11.6 Å². The Labute approximate surface area is 178 Å². The molecule has 0 aliphatic heterocycles. The molecule has 0 saturated heterocycles. The summed E-state index contributed by atoms with van der Waals surface area (Å²) in [6.07, 6.45) is 8.16. The molecule has 6 nitrogen and oxygen atoms in total. The van der Waals surface area contributed by atoms with Gasteiger partial charge >= 0.3 is 0 Å². The maximum atomic E-state index is 12.7. The van der Waals surface area contributed by atoms with E-state index in [4.69, 9.17) is 9.52 Å². The minimum Gasteiger partial charge on any atom is -0.511 e. The van der Waals surface area contributed by atoms with Crippen LogP contribution in [0.4, 0.5) is 0 Å². The number of unbranched alkanes of at least 4 members (excludes halogenated alkanes) is 3. The normalized spacial score (nSPS) is 19.4. The summed E-state index contributed by atoms with van der Waals surface area (Å²) in [6, 6.07) is 0. The highest BCUT2D eigenvalue weighted by molar-refractivity contribution is 6.23. The first-order valence-corrected chi connectivity index (χ1v) is 11.3. The first-order chi connectivity index (χ1) is 14.3. The molecule has 30 heavy (non-hydrogen) atoms. The van der Waals surface area contributed by atoms with Gasteiger partial charge in [-0.25, -0.2) is 0 Å². The number of nitrogens with zero attached hydrogens (tertiary/aromatic N) is 2. The van der Waals surface area contributed by atoms with Gasteiger partial charge < -0.3 is 9.63 Å². The lowest BCUT2D eigenvalue weighted by molar-refractivity contribution is -0.115. The van der Waals surface area contributed by atoms with E-state index in [1.807, 2.05) is 0 Å². The first kappa shape index (κ1) is 22.4. The van der Waals surface area contributed by atoms with Gasteiger partial charge in [-0.15, -0.1) is 0 Å². The molecule has 1 aromatic heterocycles.